The van der Waals surface area contributed by atoms with Crippen LogP contribution in [-0.2, 0) is 11.2 Å². The quantitative estimate of drug-likeness (QED) is 0.912. The first kappa shape index (κ1) is 15.5. The summed E-state index contributed by atoms with van der Waals surface area (Å²) in [6.45, 7) is 5.17. The largest absolute Gasteiger partial charge is 0.379 e. The van der Waals surface area contributed by atoms with Crippen LogP contribution in [0.3, 0.4) is 0 Å². The Balaban J connectivity index is 1.45. The lowest BCUT2D eigenvalue weighted by molar-refractivity contribution is -0.0142. The van der Waals surface area contributed by atoms with E-state index >= 15 is 0 Å². The van der Waals surface area contributed by atoms with E-state index in [1.165, 1.54) is 37.2 Å². The van der Waals surface area contributed by atoms with Gasteiger partial charge in [0.1, 0.15) is 0 Å². The Labute approximate surface area is 141 Å². The summed E-state index contributed by atoms with van der Waals surface area (Å²) in [5.74, 6) is 2.59. The van der Waals surface area contributed by atoms with Crippen LogP contribution in [0.1, 0.15) is 35.7 Å². The van der Waals surface area contributed by atoms with Crippen LogP contribution in [0.5, 0.6) is 0 Å². The predicted molar refractivity (Wildman–Crippen MR) is 95.1 cm³/mol. The van der Waals surface area contributed by atoms with Crippen LogP contribution in [0.15, 0.2) is 11.4 Å². The molecule has 1 aromatic heterocycles. The van der Waals surface area contributed by atoms with Gasteiger partial charge in [-0.15, -0.1) is 11.3 Å². The van der Waals surface area contributed by atoms with Crippen molar-refractivity contribution in [3.63, 3.8) is 0 Å². The molecule has 2 saturated heterocycles. The number of rotatable bonds is 4. The summed E-state index contributed by atoms with van der Waals surface area (Å²) in [6, 6.07) is 2.93. The van der Waals surface area contributed by atoms with Gasteiger partial charge >= 0.3 is 0 Å². The van der Waals surface area contributed by atoms with Gasteiger partial charge < -0.3 is 10.1 Å². The van der Waals surface area contributed by atoms with E-state index in [1.54, 1.807) is 10.4 Å². The molecule has 0 aromatic carbocycles. The van der Waals surface area contributed by atoms with Crippen LogP contribution in [-0.4, -0.2) is 54.8 Å². The van der Waals surface area contributed by atoms with Gasteiger partial charge in [-0.1, -0.05) is 0 Å². The lowest BCUT2D eigenvalue weighted by Gasteiger charge is -2.44. The van der Waals surface area contributed by atoms with E-state index in [0.29, 0.717) is 11.6 Å². The SMILES string of the molecule is c1cc2c(s1)CCC[C@@H]2NC[C@@]1(N2CCOCC2)CCSC1. The van der Waals surface area contributed by atoms with Gasteiger partial charge in [-0.05, 0) is 48.4 Å². The normalized spacial score (nSPS) is 33.0. The molecule has 0 bridgehead atoms. The molecule has 22 heavy (non-hydrogen) atoms. The summed E-state index contributed by atoms with van der Waals surface area (Å²) < 4.78 is 5.57. The molecule has 1 aliphatic carbocycles. The van der Waals surface area contributed by atoms with E-state index in [-0.39, 0.29) is 0 Å². The minimum Gasteiger partial charge on any atom is -0.379 e. The van der Waals surface area contributed by atoms with Crippen molar-refractivity contribution in [1.29, 1.82) is 0 Å². The maximum absolute atomic E-state index is 5.57. The number of morpholine rings is 1. The summed E-state index contributed by atoms with van der Waals surface area (Å²) in [7, 11) is 0. The molecule has 0 spiro atoms. The minimum absolute atomic E-state index is 0.363. The monoisotopic (exact) mass is 338 g/mol. The van der Waals surface area contributed by atoms with Gasteiger partial charge in [-0.2, -0.15) is 11.8 Å². The zero-order valence-corrected chi connectivity index (χ0v) is 14.8. The summed E-state index contributed by atoms with van der Waals surface area (Å²) in [5, 5.41) is 6.23. The van der Waals surface area contributed by atoms with Gasteiger partial charge in [0.05, 0.1) is 13.2 Å². The first-order valence-electron chi connectivity index (χ1n) is 8.58. The molecule has 1 aromatic rings. The van der Waals surface area contributed by atoms with Crippen LogP contribution >= 0.6 is 23.1 Å². The average molecular weight is 339 g/mol. The van der Waals surface area contributed by atoms with Crippen LogP contribution in [0.4, 0.5) is 0 Å². The van der Waals surface area contributed by atoms with Crippen molar-refractivity contribution in [3.8, 4) is 0 Å². The van der Waals surface area contributed by atoms with Gasteiger partial charge in [0.25, 0.3) is 0 Å². The van der Waals surface area contributed by atoms with E-state index in [2.05, 4.69) is 33.4 Å². The molecule has 0 radical (unpaired) electrons. The minimum atomic E-state index is 0.363. The molecule has 3 aliphatic rings. The number of aryl methyl sites for hydroxylation is 1. The van der Waals surface area contributed by atoms with Gasteiger partial charge in [-0.3, -0.25) is 4.90 Å². The van der Waals surface area contributed by atoms with E-state index in [9.17, 15) is 0 Å². The molecular formula is C17H26N2OS2. The van der Waals surface area contributed by atoms with Crippen molar-refractivity contribution in [2.45, 2.75) is 37.3 Å². The summed E-state index contributed by atoms with van der Waals surface area (Å²) >= 11 is 4.07. The highest BCUT2D eigenvalue weighted by molar-refractivity contribution is 7.99. The van der Waals surface area contributed by atoms with E-state index < -0.39 is 0 Å². The number of hydrogen-bond acceptors (Lipinski definition) is 5. The van der Waals surface area contributed by atoms with Crippen LogP contribution < -0.4 is 5.32 Å². The molecule has 3 nitrogen and oxygen atoms in total. The average Bonchev–Trinajstić information content (AvgIpc) is 3.24. The Hall–Kier alpha value is -0.0700. The molecule has 0 unspecified atom stereocenters. The van der Waals surface area contributed by atoms with Crippen LogP contribution in [0, 0.1) is 0 Å². The maximum Gasteiger partial charge on any atom is 0.0594 e. The molecule has 0 saturated carbocycles. The second kappa shape index (κ2) is 6.81. The zero-order valence-electron chi connectivity index (χ0n) is 13.2. The fourth-order valence-electron chi connectivity index (χ4n) is 4.15. The molecule has 5 heteroatoms. The Morgan fingerprint density at radius 2 is 2.27 bits per heavy atom. The Bertz CT molecular complexity index is 493. The number of thioether (sulfide) groups is 1. The Morgan fingerprint density at radius 3 is 3.09 bits per heavy atom. The van der Waals surface area contributed by atoms with Crippen molar-refractivity contribution in [2.24, 2.45) is 0 Å². The smallest absolute Gasteiger partial charge is 0.0594 e. The Kier molecular flexibility index (Phi) is 4.79. The molecule has 122 valence electrons. The number of nitrogens with zero attached hydrogens (tertiary/aromatic N) is 1. The number of fused-ring (bicyclic) bond motifs is 1. The number of nitrogens with one attached hydrogen (secondary N) is 1. The topological polar surface area (TPSA) is 24.5 Å². The number of ether oxygens (including phenoxy) is 1. The maximum atomic E-state index is 5.57. The van der Waals surface area contributed by atoms with Crippen LogP contribution in [0.25, 0.3) is 0 Å². The summed E-state index contributed by atoms with van der Waals surface area (Å²) in [6.07, 6.45) is 5.25. The van der Waals surface area contributed by atoms with E-state index in [0.717, 1.165) is 32.8 Å². The third-order valence-electron chi connectivity index (χ3n) is 5.49. The molecule has 4 rings (SSSR count). The highest BCUT2D eigenvalue weighted by Crippen LogP contribution is 2.37. The lowest BCUT2D eigenvalue weighted by Crippen LogP contribution is -2.58. The third kappa shape index (κ3) is 2.98. The number of hydrogen-bond donors (Lipinski definition) is 1. The van der Waals surface area contributed by atoms with Gasteiger partial charge in [0.2, 0.25) is 0 Å². The van der Waals surface area contributed by atoms with E-state index in [4.69, 9.17) is 4.74 Å². The standard InChI is InChI=1S/C17H26N2OS2/c1-2-15(14-4-10-22-16(14)3-1)18-12-17(5-11-21-13-17)19-6-8-20-9-7-19/h4,10,15,18H,1-3,5-9,11-13H2/t15-,17-/m0/s1. The lowest BCUT2D eigenvalue weighted by atomic mass is 9.91. The summed E-state index contributed by atoms with van der Waals surface area (Å²) in [4.78, 5) is 4.32. The molecule has 1 N–H and O–H groups in total. The van der Waals surface area contributed by atoms with Gasteiger partial charge in [0.15, 0.2) is 0 Å². The number of thiophene rings is 1. The fraction of sp³-hybridized carbons (Fsp3) is 0.765. The third-order valence-corrected chi connectivity index (χ3v) is 7.72. The van der Waals surface area contributed by atoms with Crippen molar-refractivity contribution in [2.75, 3.05) is 44.4 Å². The highest BCUT2D eigenvalue weighted by atomic mass is 32.2. The first-order chi connectivity index (χ1) is 10.9. The zero-order chi connectivity index (χ0) is 14.8. The Morgan fingerprint density at radius 1 is 1.36 bits per heavy atom. The molecule has 2 fully saturated rings. The van der Waals surface area contributed by atoms with E-state index in [1.807, 2.05) is 11.3 Å². The molecular weight excluding hydrogens is 312 g/mol. The fourth-order valence-corrected chi connectivity index (χ4v) is 6.61. The highest BCUT2D eigenvalue weighted by Gasteiger charge is 2.41. The predicted octanol–water partition coefficient (Wildman–Crippen LogP) is 2.92. The molecule has 3 heterocycles. The molecule has 0 amide bonds. The first-order valence-corrected chi connectivity index (χ1v) is 10.6. The van der Waals surface area contributed by atoms with Crippen LogP contribution in [0.2, 0.25) is 0 Å². The van der Waals surface area contributed by atoms with Crippen molar-refractivity contribution >= 4 is 23.1 Å². The van der Waals surface area contributed by atoms with Crippen molar-refractivity contribution in [1.82, 2.24) is 10.2 Å². The van der Waals surface area contributed by atoms with Crippen molar-refractivity contribution < 1.29 is 4.74 Å². The van der Waals surface area contributed by atoms with Crippen molar-refractivity contribution in [3.05, 3.63) is 21.9 Å². The second-order valence-corrected chi connectivity index (χ2v) is 8.86. The summed E-state index contributed by atoms with van der Waals surface area (Å²) in [5.41, 5.74) is 1.95. The van der Waals surface area contributed by atoms with Gasteiger partial charge in [0, 0.05) is 41.8 Å². The van der Waals surface area contributed by atoms with Gasteiger partial charge in [-0.25, -0.2) is 0 Å². The molecule has 2 aliphatic heterocycles. The molecule has 2 atom stereocenters. The second-order valence-electron chi connectivity index (χ2n) is 6.75.